The molecule has 0 aromatic carbocycles. The first kappa shape index (κ1) is 14.2. The van der Waals surface area contributed by atoms with Crippen LogP contribution < -0.4 is 11.1 Å². The molecule has 0 aromatic heterocycles. The van der Waals surface area contributed by atoms with Crippen molar-refractivity contribution in [3.63, 3.8) is 0 Å². The van der Waals surface area contributed by atoms with Gasteiger partial charge >= 0.3 is 0 Å². The summed E-state index contributed by atoms with van der Waals surface area (Å²) in [5, 5.41) is 2.67. The number of carbonyl (C=O) groups is 2. The van der Waals surface area contributed by atoms with E-state index in [4.69, 9.17) is 5.73 Å². The van der Waals surface area contributed by atoms with E-state index in [1.807, 2.05) is 0 Å². The Balaban J connectivity index is 2.40. The maximum Gasteiger partial charge on any atom is 0.240 e. The topological polar surface area (TPSA) is 72.2 Å². The van der Waals surface area contributed by atoms with Gasteiger partial charge in [0.05, 0.1) is 0 Å². The zero-order valence-electron chi connectivity index (χ0n) is 9.88. The molecule has 0 heterocycles. The largest absolute Gasteiger partial charge is 0.368 e. The Hall–Kier alpha value is -0.840. The van der Waals surface area contributed by atoms with Crippen LogP contribution in [0.1, 0.15) is 38.5 Å². The van der Waals surface area contributed by atoms with E-state index in [9.17, 15) is 9.59 Å². The molecular weight excluding hydrogens is 284 g/mol. The van der Waals surface area contributed by atoms with Gasteiger partial charge < -0.3 is 11.1 Å². The maximum atomic E-state index is 11.7. The molecule has 0 aromatic rings. The zero-order chi connectivity index (χ0) is 12.8. The number of hydrogen-bond acceptors (Lipinski definition) is 2. The summed E-state index contributed by atoms with van der Waals surface area (Å²) in [6, 6.07) is -0.657. The van der Waals surface area contributed by atoms with E-state index in [0.29, 0.717) is 23.2 Å². The van der Waals surface area contributed by atoms with Gasteiger partial charge in [0, 0.05) is 12.8 Å². The van der Waals surface area contributed by atoms with Crippen molar-refractivity contribution >= 4 is 27.7 Å². The highest BCUT2D eigenvalue weighted by atomic mass is 79.9. The highest BCUT2D eigenvalue weighted by Gasteiger charge is 2.22. The highest BCUT2D eigenvalue weighted by Crippen LogP contribution is 2.27. The lowest BCUT2D eigenvalue weighted by molar-refractivity contribution is -0.127. The summed E-state index contributed by atoms with van der Waals surface area (Å²) in [6.45, 7) is 3.65. The molecule has 0 saturated heterocycles. The van der Waals surface area contributed by atoms with E-state index >= 15 is 0 Å². The number of nitrogens with one attached hydrogen (secondary N) is 1. The number of hydrogen-bond donors (Lipinski definition) is 2. The molecule has 1 rings (SSSR count). The molecule has 4 nitrogen and oxygen atoms in total. The van der Waals surface area contributed by atoms with Crippen molar-refractivity contribution in [2.24, 2.45) is 11.7 Å². The van der Waals surface area contributed by atoms with Gasteiger partial charge in [-0.25, -0.2) is 0 Å². The SMILES string of the molecule is C=C(Br)C[C@H](NC(=O)CC1CCCC1)C(N)=O. The standard InChI is InChI=1S/C12H19BrN2O2/c1-8(13)6-10(12(14)17)15-11(16)7-9-4-2-3-5-9/h9-10H,1-7H2,(H2,14,17)(H,15,16)/t10-/m0/s1. The fourth-order valence-electron chi connectivity index (χ4n) is 2.17. The van der Waals surface area contributed by atoms with E-state index in [1.165, 1.54) is 12.8 Å². The van der Waals surface area contributed by atoms with Gasteiger partial charge in [0.25, 0.3) is 0 Å². The van der Waals surface area contributed by atoms with Gasteiger partial charge in [0.15, 0.2) is 0 Å². The van der Waals surface area contributed by atoms with Gasteiger partial charge in [-0.3, -0.25) is 9.59 Å². The predicted octanol–water partition coefficient (Wildman–Crippen LogP) is 1.84. The average molecular weight is 303 g/mol. The quantitative estimate of drug-likeness (QED) is 0.786. The van der Waals surface area contributed by atoms with Crippen molar-refractivity contribution in [2.75, 3.05) is 0 Å². The highest BCUT2D eigenvalue weighted by molar-refractivity contribution is 9.11. The third-order valence-corrected chi connectivity index (χ3v) is 3.38. The summed E-state index contributed by atoms with van der Waals surface area (Å²) < 4.78 is 0.655. The number of rotatable bonds is 6. The predicted molar refractivity (Wildman–Crippen MR) is 70.4 cm³/mol. The minimum atomic E-state index is -0.657. The van der Waals surface area contributed by atoms with E-state index in [1.54, 1.807) is 0 Å². The molecular formula is C12H19BrN2O2. The van der Waals surface area contributed by atoms with Gasteiger partial charge in [-0.2, -0.15) is 0 Å². The van der Waals surface area contributed by atoms with Crippen LogP contribution in [0.5, 0.6) is 0 Å². The Morgan fingerprint density at radius 1 is 1.41 bits per heavy atom. The second-order valence-corrected chi connectivity index (χ2v) is 5.72. The van der Waals surface area contributed by atoms with Crippen LogP contribution in [0.25, 0.3) is 0 Å². The summed E-state index contributed by atoms with van der Waals surface area (Å²) in [5.41, 5.74) is 5.23. The third-order valence-electron chi connectivity index (χ3n) is 3.05. The van der Waals surface area contributed by atoms with Gasteiger partial charge in [-0.15, -0.1) is 0 Å². The van der Waals surface area contributed by atoms with Crippen molar-refractivity contribution in [1.29, 1.82) is 0 Å². The molecule has 0 aliphatic heterocycles. The average Bonchev–Trinajstić information content (AvgIpc) is 2.68. The molecule has 17 heavy (non-hydrogen) atoms. The van der Waals surface area contributed by atoms with Crippen LogP contribution in [0.4, 0.5) is 0 Å². The fourth-order valence-corrected chi connectivity index (χ4v) is 2.50. The lowest BCUT2D eigenvalue weighted by atomic mass is 10.0. The molecule has 0 radical (unpaired) electrons. The van der Waals surface area contributed by atoms with Gasteiger partial charge in [0.2, 0.25) is 11.8 Å². The van der Waals surface area contributed by atoms with Crippen molar-refractivity contribution in [3.05, 3.63) is 11.1 Å². The fraction of sp³-hybridized carbons (Fsp3) is 0.667. The Bertz CT molecular complexity index is 312. The molecule has 1 aliphatic rings. The van der Waals surface area contributed by atoms with Crippen LogP contribution in [-0.2, 0) is 9.59 Å². The normalized spacial score (nSPS) is 17.7. The smallest absolute Gasteiger partial charge is 0.240 e. The lowest BCUT2D eigenvalue weighted by Crippen LogP contribution is -2.44. The Morgan fingerprint density at radius 2 is 2.00 bits per heavy atom. The minimum absolute atomic E-state index is 0.0885. The minimum Gasteiger partial charge on any atom is -0.368 e. The van der Waals surface area contributed by atoms with Crippen LogP contribution in [0, 0.1) is 5.92 Å². The molecule has 5 heteroatoms. The molecule has 96 valence electrons. The summed E-state index contributed by atoms with van der Waals surface area (Å²) in [4.78, 5) is 22.9. The number of carbonyl (C=O) groups excluding carboxylic acids is 2. The van der Waals surface area contributed by atoms with Gasteiger partial charge in [-0.05, 0) is 23.2 Å². The Morgan fingerprint density at radius 3 is 2.47 bits per heavy atom. The molecule has 2 amide bonds. The second kappa shape index (κ2) is 6.79. The zero-order valence-corrected chi connectivity index (χ0v) is 11.5. The molecule has 1 fully saturated rings. The molecule has 3 N–H and O–H groups in total. The first-order valence-electron chi connectivity index (χ1n) is 5.91. The molecule has 1 aliphatic carbocycles. The first-order valence-corrected chi connectivity index (χ1v) is 6.70. The van der Waals surface area contributed by atoms with Crippen molar-refractivity contribution in [3.8, 4) is 0 Å². The molecule has 1 atom stereocenters. The molecule has 0 bridgehead atoms. The van der Waals surface area contributed by atoms with E-state index in [0.717, 1.165) is 12.8 Å². The van der Waals surface area contributed by atoms with Crippen molar-refractivity contribution in [2.45, 2.75) is 44.6 Å². The molecule has 0 unspecified atom stereocenters. The number of primary amides is 1. The summed E-state index contributed by atoms with van der Waals surface area (Å²) in [7, 11) is 0. The summed E-state index contributed by atoms with van der Waals surface area (Å²) in [6.07, 6.45) is 5.47. The monoisotopic (exact) mass is 302 g/mol. The van der Waals surface area contributed by atoms with Crippen LogP contribution in [0.3, 0.4) is 0 Å². The van der Waals surface area contributed by atoms with E-state index in [2.05, 4.69) is 27.8 Å². The first-order chi connectivity index (χ1) is 7.99. The van der Waals surface area contributed by atoms with Crippen LogP contribution in [0.2, 0.25) is 0 Å². The van der Waals surface area contributed by atoms with Crippen LogP contribution in [0.15, 0.2) is 11.1 Å². The lowest BCUT2D eigenvalue weighted by Gasteiger charge is -2.16. The van der Waals surface area contributed by atoms with Gasteiger partial charge in [0.1, 0.15) is 6.04 Å². The van der Waals surface area contributed by atoms with Crippen molar-refractivity contribution < 1.29 is 9.59 Å². The molecule has 0 spiro atoms. The summed E-state index contributed by atoms with van der Waals surface area (Å²) in [5.74, 6) is -0.143. The van der Waals surface area contributed by atoms with Crippen LogP contribution >= 0.6 is 15.9 Å². The maximum absolute atomic E-state index is 11.7. The van der Waals surface area contributed by atoms with Crippen LogP contribution in [-0.4, -0.2) is 17.9 Å². The van der Waals surface area contributed by atoms with E-state index < -0.39 is 11.9 Å². The number of halogens is 1. The third kappa shape index (κ3) is 5.35. The summed E-state index contributed by atoms with van der Waals surface area (Å²) >= 11 is 3.17. The number of amides is 2. The molecule has 1 saturated carbocycles. The second-order valence-electron chi connectivity index (χ2n) is 4.60. The number of nitrogens with two attached hydrogens (primary N) is 1. The van der Waals surface area contributed by atoms with Crippen molar-refractivity contribution in [1.82, 2.24) is 5.32 Å². The Labute approximate surface area is 110 Å². The van der Waals surface area contributed by atoms with E-state index in [-0.39, 0.29) is 5.91 Å². The van der Waals surface area contributed by atoms with Gasteiger partial charge in [-0.1, -0.05) is 35.4 Å². The Kier molecular flexibility index (Phi) is 5.68.